The van der Waals surface area contributed by atoms with Crippen molar-refractivity contribution in [3.8, 4) is 10.4 Å². The van der Waals surface area contributed by atoms with Crippen LogP contribution in [0.1, 0.15) is 35.8 Å². The van der Waals surface area contributed by atoms with Crippen LogP contribution in [0.15, 0.2) is 24.3 Å². The Kier molecular flexibility index (Phi) is 3.59. The lowest BCUT2D eigenvalue weighted by Gasteiger charge is -2.02. The summed E-state index contributed by atoms with van der Waals surface area (Å²) in [5.74, 6) is 0.370. The summed E-state index contributed by atoms with van der Waals surface area (Å²) in [6, 6.07) is 7.67. The molecule has 4 nitrogen and oxygen atoms in total. The number of anilines is 1. The first-order valence-electron chi connectivity index (χ1n) is 6.94. The standard InChI is InChI=1S/C16H16N2O2S/c1-9-15(21-16(17-9)18-10(2)19)13-7-5-12(6-8-13)14(20)11-3-4-11/h5-8,11H,3-4H2,1-2H3,(H,17,18,19). The van der Waals surface area contributed by atoms with E-state index in [1.54, 1.807) is 0 Å². The molecule has 0 saturated heterocycles. The van der Waals surface area contributed by atoms with Gasteiger partial charge in [0.1, 0.15) is 0 Å². The van der Waals surface area contributed by atoms with Gasteiger partial charge in [0.05, 0.1) is 10.6 Å². The third-order valence-corrected chi connectivity index (χ3v) is 4.58. The molecule has 1 aliphatic carbocycles. The average Bonchev–Trinajstić information content (AvgIpc) is 3.22. The highest BCUT2D eigenvalue weighted by molar-refractivity contribution is 7.19. The summed E-state index contributed by atoms with van der Waals surface area (Å²) >= 11 is 1.45. The van der Waals surface area contributed by atoms with Crippen LogP contribution in [0.5, 0.6) is 0 Å². The van der Waals surface area contributed by atoms with Gasteiger partial charge in [0.25, 0.3) is 0 Å². The zero-order chi connectivity index (χ0) is 15.0. The molecular formula is C16H16N2O2S. The van der Waals surface area contributed by atoms with Crippen molar-refractivity contribution in [2.24, 2.45) is 5.92 Å². The monoisotopic (exact) mass is 300 g/mol. The van der Waals surface area contributed by atoms with E-state index in [-0.39, 0.29) is 17.6 Å². The van der Waals surface area contributed by atoms with Crippen molar-refractivity contribution in [2.45, 2.75) is 26.7 Å². The van der Waals surface area contributed by atoms with Crippen LogP contribution in [0.25, 0.3) is 10.4 Å². The fourth-order valence-corrected chi connectivity index (χ4v) is 3.25. The van der Waals surface area contributed by atoms with Crippen LogP contribution in [0.4, 0.5) is 5.13 Å². The number of rotatable bonds is 4. The van der Waals surface area contributed by atoms with Crippen molar-refractivity contribution < 1.29 is 9.59 Å². The van der Waals surface area contributed by atoms with Crippen LogP contribution < -0.4 is 5.32 Å². The van der Waals surface area contributed by atoms with E-state index >= 15 is 0 Å². The van der Waals surface area contributed by atoms with Crippen molar-refractivity contribution in [1.82, 2.24) is 4.98 Å². The van der Waals surface area contributed by atoms with Crippen LogP contribution in [-0.4, -0.2) is 16.7 Å². The zero-order valence-electron chi connectivity index (χ0n) is 12.0. The summed E-state index contributed by atoms with van der Waals surface area (Å²) in [5.41, 5.74) is 2.68. The van der Waals surface area contributed by atoms with Gasteiger partial charge in [-0.1, -0.05) is 35.6 Å². The zero-order valence-corrected chi connectivity index (χ0v) is 12.8. The number of carbonyl (C=O) groups is 2. The Bertz CT molecular complexity index is 700. The molecule has 21 heavy (non-hydrogen) atoms. The first-order valence-corrected chi connectivity index (χ1v) is 7.76. The number of amides is 1. The lowest BCUT2D eigenvalue weighted by molar-refractivity contribution is -0.114. The molecule has 1 saturated carbocycles. The average molecular weight is 300 g/mol. The van der Waals surface area contributed by atoms with Crippen LogP contribution >= 0.6 is 11.3 Å². The maximum atomic E-state index is 12.0. The molecule has 1 aromatic carbocycles. The normalized spacial score (nSPS) is 14.0. The number of Topliss-reactive ketones (excluding diaryl/α,β-unsaturated/α-hetero) is 1. The van der Waals surface area contributed by atoms with Crippen molar-refractivity contribution in [3.05, 3.63) is 35.5 Å². The Morgan fingerprint density at radius 3 is 2.48 bits per heavy atom. The summed E-state index contributed by atoms with van der Waals surface area (Å²) in [6.45, 7) is 3.38. The molecule has 0 radical (unpaired) electrons. The van der Waals surface area contributed by atoms with Crippen molar-refractivity contribution in [2.75, 3.05) is 5.32 Å². The van der Waals surface area contributed by atoms with E-state index in [0.29, 0.717) is 5.13 Å². The first kappa shape index (κ1) is 13.9. The molecule has 1 N–H and O–H groups in total. The van der Waals surface area contributed by atoms with Gasteiger partial charge < -0.3 is 5.32 Å². The maximum absolute atomic E-state index is 12.0. The summed E-state index contributed by atoms with van der Waals surface area (Å²) in [6.07, 6.45) is 2.04. The molecular weight excluding hydrogens is 284 g/mol. The summed E-state index contributed by atoms with van der Waals surface area (Å²) in [7, 11) is 0. The van der Waals surface area contributed by atoms with Crippen LogP contribution in [0.3, 0.4) is 0 Å². The van der Waals surface area contributed by atoms with Gasteiger partial charge in [-0.3, -0.25) is 9.59 Å². The van der Waals surface area contributed by atoms with E-state index in [2.05, 4.69) is 10.3 Å². The summed E-state index contributed by atoms with van der Waals surface area (Å²) in [4.78, 5) is 28.4. The number of hydrogen-bond acceptors (Lipinski definition) is 4. The maximum Gasteiger partial charge on any atom is 0.223 e. The topological polar surface area (TPSA) is 59.1 Å². The number of nitrogens with zero attached hydrogens (tertiary/aromatic N) is 1. The second kappa shape index (κ2) is 5.41. The van der Waals surface area contributed by atoms with Gasteiger partial charge in [0, 0.05) is 18.4 Å². The molecule has 0 unspecified atom stereocenters. The molecule has 1 heterocycles. The smallest absolute Gasteiger partial charge is 0.223 e. The Hall–Kier alpha value is -2.01. The highest BCUT2D eigenvalue weighted by atomic mass is 32.1. The molecule has 1 fully saturated rings. The molecule has 1 aromatic heterocycles. The van der Waals surface area contributed by atoms with Crippen LogP contribution in [-0.2, 0) is 4.79 Å². The molecule has 108 valence electrons. The minimum atomic E-state index is -0.124. The van der Waals surface area contributed by atoms with Crippen molar-refractivity contribution in [1.29, 1.82) is 0 Å². The van der Waals surface area contributed by atoms with Gasteiger partial charge in [0.15, 0.2) is 10.9 Å². The molecule has 1 aliphatic rings. The third-order valence-electron chi connectivity index (χ3n) is 3.46. The number of hydrogen-bond donors (Lipinski definition) is 1. The molecule has 0 aliphatic heterocycles. The van der Waals surface area contributed by atoms with E-state index in [9.17, 15) is 9.59 Å². The predicted molar refractivity (Wildman–Crippen MR) is 83.6 cm³/mol. The lowest BCUT2D eigenvalue weighted by atomic mass is 10.0. The van der Waals surface area contributed by atoms with E-state index in [1.165, 1.54) is 18.3 Å². The summed E-state index contributed by atoms with van der Waals surface area (Å²) in [5, 5.41) is 3.31. The Balaban J connectivity index is 1.84. The largest absolute Gasteiger partial charge is 0.302 e. The molecule has 1 amide bonds. The van der Waals surface area contributed by atoms with Crippen molar-refractivity contribution in [3.63, 3.8) is 0 Å². The quantitative estimate of drug-likeness (QED) is 0.876. The minimum absolute atomic E-state index is 0.124. The molecule has 2 aromatic rings. The number of carbonyl (C=O) groups excluding carboxylic acids is 2. The SMILES string of the molecule is CC(=O)Nc1nc(C)c(-c2ccc(C(=O)C3CC3)cc2)s1. The predicted octanol–water partition coefficient (Wildman–Crippen LogP) is 3.67. The first-order chi connectivity index (χ1) is 10.0. The number of ketones is 1. The summed E-state index contributed by atoms with van der Waals surface area (Å²) < 4.78 is 0. The molecule has 5 heteroatoms. The van der Waals surface area contributed by atoms with E-state index < -0.39 is 0 Å². The second-order valence-electron chi connectivity index (χ2n) is 5.33. The van der Waals surface area contributed by atoms with Crippen LogP contribution in [0, 0.1) is 12.8 Å². The molecule has 0 atom stereocenters. The van der Waals surface area contributed by atoms with Gasteiger partial charge in [-0.05, 0) is 25.3 Å². The molecule has 0 bridgehead atoms. The van der Waals surface area contributed by atoms with Crippen LogP contribution in [0.2, 0.25) is 0 Å². The van der Waals surface area contributed by atoms with Gasteiger partial charge in [-0.15, -0.1) is 0 Å². The number of thiazole rings is 1. The van der Waals surface area contributed by atoms with Gasteiger partial charge >= 0.3 is 0 Å². The fraction of sp³-hybridized carbons (Fsp3) is 0.312. The van der Waals surface area contributed by atoms with Crippen molar-refractivity contribution >= 4 is 28.2 Å². The van der Waals surface area contributed by atoms with E-state index in [4.69, 9.17) is 0 Å². The Labute approximate surface area is 127 Å². The third kappa shape index (κ3) is 3.03. The minimum Gasteiger partial charge on any atom is -0.302 e. The van der Waals surface area contributed by atoms with E-state index in [1.807, 2.05) is 31.2 Å². The van der Waals surface area contributed by atoms with E-state index in [0.717, 1.165) is 34.5 Å². The second-order valence-corrected chi connectivity index (χ2v) is 6.33. The number of benzene rings is 1. The lowest BCUT2D eigenvalue weighted by Crippen LogP contribution is -2.04. The highest BCUT2D eigenvalue weighted by Gasteiger charge is 2.30. The molecule has 0 spiro atoms. The van der Waals surface area contributed by atoms with Gasteiger partial charge in [0.2, 0.25) is 5.91 Å². The Morgan fingerprint density at radius 1 is 1.24 bits per heavy atom. The fourth-order valence-electron chi connectivity index (χ4n) is 2.24. The van der Waals surface area contributed by atoms with Gasteiger partial charge in [-0.25, -0.2) is 4.98 Å². The number of aryl methyl sites for hydroxylation is 1. The van der Waals surface area contributed by atoms with Gasteiger partial charge in [-0.2, -0.15) is 0 Å². The number of aromatic nitrogens is 1. The Morgan fingerprint density at radius 2 is 1.90 bits per heavy atom. The number of nitrogens with one attached hydrogen (secondary N) is 1. The highest BCUT2D eigenvalue weighted by Crippen LogP contribution is 2.35. The molecule has 3 rings (SSSR count).